The molecule has 0 radical (unpaired) electrons. The summed E-state index contributed by atoms with van der Waals surface area (Å²) in [7, 11) is 0. The fourth-order valence-electron chi connectivity index (χ4n) is 3.64. The Labute approximate surface area is 132 Å². The fourth-order valence-corrected chi connectivity index (χ4v) is 3.64. The SMILES string of the molecule is c1ccc(C(CC2CCC2)NCc2nnc3n2CCC3)cc1. The van der Waals surface area contributed by atoms with Crippen LogP contribution in [0.3, 0.4) is 0 Å². The van der Waals surface area contributed by atoms with Crippen molar-refractivity contribution >= 4 is 0 Å². The third-order valence-electron chi connectivity index (χ3n) is 5.19. The first-order chi connectivity index (χ1) is 10.9. The molecule has 0 spiro atoms. The van der Waals surface area contributed by atoms with Gasteiger partial charge in [0.15, 0.2) is 0 Å². The molecule has 1 fully saturated rings. The maximum Gasteiger partial charge on any atom is 0.147 e. The van der Waals surface area contributed by atoms with E-state index in [0.29, 0.717) is 6.04 Å². The fraction of sp³-hybridized carbons (Fsp3) is 0.556. The first-order valence-corrected chi connectivity index (χ1v) is 8.59. The average molecular weight is 296 g/mol. The Morgan fingerprint density at radius 1 is 1.14 bits per heavy atom. The van der Waals surface area contributed by atoms with Crippen molar-refractivity contribution in [3.05, 3.63) is 47.5 Å². The zero-order chi connectivity index (χ0) is 14.8. The van der Waals surface area contributed by atoms with Crippen LogP contribution in [0, 0.1) is 5.92 Å². The molecule has 0 saturated heterocycles. The summed E-state index contributed by atoms with van der Waals surface area (Å²) in [5.41, 5.74) is 1.40. The van der Waals surface area contributed by atoms with Crippen LogP contribution in [0.25, 0.3) is 0 Å². The summed E-state index contributed by atoms with van der Waals surface area (Å²) in [6, 6.07) is 11.3. The van der Waals surface area contributed by atoms with E-state index in [9.17, 15) is 0 Å². The highest BCUT2D eigenvalue weighted by Gasteiger charge is 2.24. The number of hydrogen-bond acceptors (Lipinski definition) is 3. The van der Waals surface area contributed by atoms with Crippen molar-refractivity contribution in [2.75, 3.05) is 0 Å². The molecular weight excluding hydrogens is 272 g/mol. The maximum absolute atomic E-state index is 4.37. The topological polar surface area (TPSA) is 42.7 Å². The van der Waals surface area contributed by atoms with Crippen LogP contribution in [0.1, 0.15) is 55.4 Å². The molecule has 1 aliphatic carbocycles. The Bertz CT molecular complexity index is 615. The summed E-state index contributed by atoms with van der Waals surface area (Å²) in [6.07, 6.45) is 7.73. The van der Waals surface area contributed by atoms with Gasteiger partial charge in [0, 0.05) is 19.0 Å². The highest BCUT2D eigenvalue weighted by molar-refractivity contribution is 5.19. The van der Waals surface area contributed by atoms with Gasteiger partial charge in [0.05, 0.1) is 6.54 Å². The lowest BCUT2D eigenvalue weighted by Gasteiger charge is -2.30. The highest BCUT2D eigenvalue weighted by Crippen LogP contribution is 2.34. The van der Waals surface area contributed by atoms with Crippen molar-refractivity contribution in [1.82, 2.24) is 20.1 Å². The molecule has 2 aromatic rings. The van der Waals surface area contributed by atoms with Gasteiger partial charge in [-0.05, 0) is 24.3 Å². The van der Waals surface area contributed by atoms with E-state index in [-0.39, 0.29) is 0 Å². The van der Waals surface area contributed by atoms with E-state index in [1.807, 2.05) is 0 Å². The van der Waals surface area contributed by atoms with Crippen molar-refractivity contribution < 1.29 is 0 Å². The van der Waals surface area contributed by atoms with Gasteiger partial charge < -0.3 is 9.88 Å². The molecule has 0 bridgehead atoms. The second-order valence-electron chi connectivity index (χ2n) is 6.66. The number of hydrogen-bond donors (Lipinski definition) is 1. The molecule has 1 aliphatic heterocycles. The third-order valence-corrected chi connectivity index (χ3v) is 5.19. The summed E-state index contributed by atoms with van der Waals surface area (Å²) in [5, 5.41) is 12.4. The summed E-state index contributed by atoms with van der Waals surface area (Å²) in [4.78, 5) is 0. The number of benzene rings is 1. The van der Waals surface area contributed by atoms with Gasteiger partial charge in [-0.15, -0.1) is 10.2 Å². The zero-order valence-corrected chi connectivity index (χ0v) is 13.0. The molecule has 1 aromatic carbocycles. The van der Waals surface area contributed by atoms with E-state index < -0.39 is 0 Å². The molecule has 2 aliphatic rings. The highest BCUT2D eigenvalue weighted by atomic mass is 15.3. The number of nitrogens with zero attached hydrogens (tertiary/aromatic N) is 3. The van der Waals surface area contributed by atoms with Gasteiger partial charge in [-0.1, -0.05) is 49.6 Å². The number of aromatic nitrogens is 3. The van der Waals surface area contributed by atoms with E-state index in [2.05, 4.69) is 50.4 Å². The molecule has 2 heterocycles. The minimum absolute atomic E-state index is 0.431. The molecule has 1 atom stereocenters. The van der Waals surface area contributed by atoms with Crippen LogP contribution in [0.2, 0.25) is 0 Å². The first kappa shape index (κ1) is 13.9. The third kappa shape index (κ3) is 2.80. The van der Waals surface area contributed by atoms with E-state index >= 15 is 0 Å². The Morgan fingerprint density at radius 2 is 2.00 bits per heavy atom. The van der Waals surface area contributed by atoms with Crippen molar-refractivity contribution in [1.29, 1.82) is 0 Å². The van der Waals surface area contributed by atoms with E-state index in [1.54, 1.807) is 0 Å². The van der Waals surface area contributed by atoms with Crippen molar-refractivity contribution in [2.45, 2.75) is 57.7 Å². The van der Waals surface area contributed by atoms with Crippen LogP contribution in [0.5, 0.6) is 0 Å². The van der Waals surface area contributed by atoms with E-state index in [4.69, 9.17) is 0 Å². The second kappa shape index (κ2) is 6.21. The van der Waals surface area contributed by atoms with E-state index in [0.717, 1.165) is 37.1 Å². The van der Waals surface area contributed by atoms with Crippen LogP contribution in [-0.4, -0.2) is 14.8 Å². The van der Waals surface area contributed by atoms with Gasteiger partial charge in [-0.25, -0.2) is 0 Å². The van der Waals surface area contributed by atoms with Crippen molar-refractivity contribution in [2.24, 2.45) is 5.92 Å². The molecule has 116 valence electrons. The number of aryl methyl sites for hydroxylation is 1. The van der Waals surface area contributed by atoms with Crippen molar-refractivity contribution in [3.63, 3.8) is 0 Å². The van der Waals surface area contributed by atoms with Gasteiger partial charge in [-0.2, -0.15) is 0 Å². The molecule has 4 heteroatoms. The van der Waals surface area contributed by atoms with Crippen molar-refractivity contribution in [3.8, 4) is 0 Å². The quantitative estimate of drug-likeness (QED) is 0.890. The smallest absolute Gasteiger partial charge is 0.147 e. The number of nitrogens with one attached hydrogen (secondary N) is 1. The lowest BCUT2D eigenvalue weighted by molar-refractivity contribution is 0.259. The molecular formula is C18H24N4. The Hall–Kier alpha value is -1.68. The Morgan fingerprint density at radius 3 is 2.77 bits per heavy atom. The maximum atomic E-state index is 4.37. The van der Waals surface area contributed by atoms with Gasteiger partial charge in [-0.3, -0.25) is 0 Å². The Kier molecular flexibility index (Phi) is 3.94. The minimum Gasteiger partial charge on any atom is -0.314 e. The standard InChI is InChI=1S/C18H24N4/c1-2-8-15(9-3-1)16(12-14-6-4-7-14)19-13-18-21-20-17-10-5-11-22(17)18/h1-3,8-9,14,16,19H,4-7,10-13H2. The number of rotatable bonds is 6. The van der Waals surface area contributed by atoms with E-state index in [1.165, 1.54) is 37.7 Å². The number of fused-ring (bicyclic) bond motifs is 1. The molecule has 4 nitrogen and oxygen atoms in total. The van der Waals surface area contributed by atoms with Crippen LogP contribution in [0.15, 0.2) is 30.3 Å². The van der Waals surface area contributed by atoms with Crippen LogP contribution >= 0.6 is 0 Å². The lowest BCUT2D eigenvalue weighted by atomic mass is 9.79. The molecule has 1 N–H and O–H groups in total. The van der Waals surface area contributed by atoms with Crippen LogP contribution < -0.4 is 5.32 Å². The van der Waals surface area contributed by atoms with Gasteiger partial charge in [0.2, 0.25) is 0 Å². The second-order valence-corrected chi connectivity index (χ2v) is 6.66. The Balaban J connectivity index is 1.46. The molecule has 1 unspecified atom stereocenters. The van der Waals surface area contributed by atoms with Gasteiger partial charge in [0.1, 0.15) is 11.6 Å². The molecule has 1 saturated carbocycles. The van der Waals surface area contributed by atoms with Gasteiger partial charge >= 0.3 is 0 Å². The molecule has 22 heavy (non-hydrogen) atoms. The zero-order valence-electron chi connectivity index (χ0n) is 13.0. The molecule has 4 rings (SSSR count). The minimum atomic E-state index is 0.431. The predicted octanol–water partition coefficient (Wildman–Crippen LogP) is 3.25. The average Bonchev–Trinajstić information content (AvgIpc) is 3.10. The monoisotopic (exact) mass is 296 g/mol. The summed E-state index contributed by atoms with van der Waals surface area (Å²) in [5.74, 6) is 3.15. The molecule has 1 aromatic heterocycles. The normalized spacial score (nSPS) is 18.9. The summed E-state index contributed by atoms with van der Waals surface area (Å²) in [6.45, 7) is 1.90. The summed E-state index contributed by atoms with van der Waals surface area (Å²) >= 11 is 0. The van der Waals surface area contributed by atoms with Gasteiger partial charge in [0.25, 0.3) is 0 Å². The van der Waals surface area contributed by atoms with Crippen LogP contribution in [-0.2, 0) is 19.5 Å². The molecule has 0 amide bonds. The largest absolute Gasteiger partial charge is 0.314 e. The lowest BCUT2D eigenvalue weighted by Crippen LogP contribution is -2.27. The summed E-state index contributed by atoms with van der Waals surface area (Å²) < 4.78 is 2.29. The first-order valence-electron chi connectivity index (χ1n) is 8.59. The predicted molar refractivity (Wildman–Crippen MR) is 86.3 cm³/mol. The van der Waals surface area contributed by atoms with Crippen LogP contribution in [0.4, 0.5) is 0 Å².